The summed E-state index contributed by atoms with van der Waals surface area (Å²) in [5, 5.41) is 7.80. The summed E-state index contributed by atoms with van der Waals surface area (Å²) in [6, 6.07) is 7.06. The van der Waals surface area contributed by atoms with Crippen LogP contribution in [0.25, 0.3) is 0 Å². The molecule has 174 valence electrons. The molecule has 0 aromatic heterocycles. The molecule has 1 aliphatic heterocycles. The van der Waals surface area contributed by atoms with Crippen LogP contribution >= 0.6 is 0 Å². The molecule has 0 spiro atoms. The van der Waals surface area contributed by atoms with Crippen molar-refractivity contribution in [1.82, 2.24) is 9.80 Å². The lowest BCUT2D eigenvalue weighted by Gasteiger charge is -2.31. The van der Waals surface area contributed by atoms with E-state index in [2.05, 4.69) is 4.99 Å². The predicted octanol–water partition coefficient (Wildman–Crippen LogP) is -1.11. The average molecular weight is 445 g/mol. The van der Waals surface area contributed by atoms with E-state index in [1.54, 1.807) is 0 Å². The molecule has 1 aliphatic rings. The Morgan fingerprint density at radius 3 is 2.53 bits per heavy atom. The second-order valence-electron chi connectivity index (χ2n) is 7.77. The van der Waals surface area contributed by atoms with Crippen molar-refractivity contribution in [2.45, 2.75) is 50.2 Å². The van der Waals surface area contributed by atoms with Gasteiger partial charge in [0.05, 0.1) is 6.04 Å². The third-order valence-electron chi connectivity index (χ3n) is 5.33. The Hall–Kier alpha value is -3.47. The lowest BCUT2D eigenvalue weighted by Crippen LogP contribution is -2.53. The van der Waals surface area contributed by atoms with Gasteiger partial charge in [-0.1, -0.05) is 30.3 Å². The van der Waals surface area contributed by atoms with Crippen LogP contribution in [0.2, 0.25) is 0 Å². The Morgan fingerprint density at radius 2 is 1.94 bits per heavy atom. The molecule has 1 aromatic rings. The van der Waals surface area contributed by atoms with Crippen LogP contribution in [0.4, 0.5) is 0 Å². The molecule has 1 fully saturated rings. The number of nitrogens with one attached hydrogen (secondary N) is 1. The molecule has 0 radical (unpaired) electrons. The number of aliphatic imine (C=N–C) groups is 1. The van der Waals surface area contributed by atoms with Crippen molar-refractivity contribution in [3.8, 4) is 0 Å². The van der Waals surface area contributed by atoms with Gasteiger partial charge in [0.2, 0.25) is 5.91 Å². The fourth-order valence-corrected chi connectivity index (χ4v) is 3.77. The van der Waals surface area contributed by atoms with Crippen molar-refractivity contribution < 1.29 is 14.4 Å². The van der Waals surface area contributed by atoms with E-state index in [0.717, 1.165) is 10.5 Å². The summed E-state index contributed by atoms with van der Waals surface area (Å²) >= 11 is 0. The van der Waals surface area contributed by atoms with Gasteiger partial charge in [-0.3, -0.25) is 19.9 Å². The van der Waals surface area contributed by atoms with Gasteiger partial charge in [-0.15, -0.1) is 0 Å². The number of hydrogen-bond donors (Lipinski definition) is 5. The third-order valence-corrected chi connectivity index (χ3v) is 5.33. The van der Waals surface area contributed by atoms with E-state index < -0.39 is 30.0 Å². The van der Waals surface area contributed by atoms with Crippen LogP contribution in [0, 0.1) is 5.41 Å². The zero-order valence-corrected chi connectivity index (χ0v) is 18.0. The summed E-state index contributed by atoms with van der Waals surface area (Å²) < 4.78 is 0. The van der Waals surface area contributed by atoms with Crippen molar-refractivity contribution in [2.75, 3.05) is 13.1 Å². The molecule has 1 heterocycles. The minimum absolute atomic E-state index is 0.135. The van der Waals surface area contributed by atoms with Crippen molar-refractivity contribution in [1.29, 1.82) is 5.41 Å². The number of nitrogens with zero attached hydrogens (tertiary/aromatic N) is 3. The van der Waals surface area contributed by atoms with Gasteiger partial charge in [-0.2, -0.15) is 0 Å². The highest BCUT2D eigenvalue weighted by Gasteiger charge is 2.39. The lowest BCUT2D eigenvalue weighted by molar-refractivity contribution is -0.142. The maximum Gasteiger partial charge on any atom is 0.252 e. The first-order valence-corrected chi connectivity index (χ1v) is 10.5. The monoisotopic (exact) mass is 444 g/mol. The fourth-order valence-electron chi connectivity index (χ4n) is 3.77. The zero-order chi connectivity index (χ0) is 23.7. The molecule has 0 saturated carbocycles. The Bertz CT molecular complexity index is 841. The highest BCUT2D eigenvalue weighted by Crippen LogP contribution is 2.22. The summed E-state index contributed by atoms with van der Waals surface area (Å²) in [6.07, 6.45) is 2.75. The molecule has 2 amide bonds. The van der Waals surface area contributed by atoms with Crippen LogP contribution in [-0.4, -0.2) is 71.0 Å². The number of benzene rings is 1. The number of amides is 2. The molecule has 0 bridgehead atoms. The quantitative estimate of drug-likeness (QED) is 0.171. The van der Waals surface area contributed by atoms with Crippen LogP contribution < -0.4 is 22.9 Å². The van der Waals surface area contributed by atoms with Gasteiger partial charge in [0, 0.05) is 19.5 Å². The van der Waals surface area contributed by atoms with Crippen molar-refractivity contribution in [2.24, 2.45) is 27.9 Å². The number of rotatable bonds is 10. The maximum absolute atomic E-state index is 13.3. The van der Waals surface area contributed by atoms with E-state index in [1.165, 1.54) is 4.90 Å². The number of likely N-dealkylation sites (tertiary alicyclic amines) is 1. The minimum atomic E-state index is -0.868. The van der Waals surface area contributed by atoms with Crippen LogP contribution in [0.5, 0.6) is 0 Å². The fraction of sp³-hybridized carbons (Fsp3) is 0.476. The summed E-state index contributed by atoms with van der Waals surface area (Å²) in [5.74, 6) is -1.42. The van der Waals surface area contributed by atoms with Crippen LogP contribution in [0.15, 0.2) is 35.3 Å². The number of hydrogen-bond acceptors (Lipinski definition) is 6. The topological polar surface area (TPSA) is 198 Å². The summed E-state index contributed by atoms with van der Waals surface area (Å²) in [4.78, 5) is 43.9. The molecule has 9 N–H and O–H groups in total. The molecule has 2 rings (SSSR count). The average Bonchev–Trinajstić information content (AvgIpc) is 3.25. The molecular weight excluding hydrogens is 412 g/mol. The van der Waals surface area contributed by atoms with Gasteiger partial charge in [0.15, 0.2) is 11.9 Å². The van der Waals surface area contributed by atoms with E-state index in [4.69, 9.17) is 28.3 Å². The lowest BCUT2D eigenvalue weighted by atomic mass is 10.0. The van der Waals surface area contributed by atoms with E-state index in [-0.39, 0.29) is 24.8 Å². The largest absolute Gasteiger partial charge is 0.370 e. The third kappa shape index (κ3) is 6.77. The van der Waals surface area contributed by atoms with E-state index >= 15 is 0 Å². The highest BCUT2D eigenvalue weighted by molar-refractivity contribution is 6.00. The number of aldehydes is 1. The van der Waals surface area contributed by atoms with Crippen molar-refractivity contribution >= 4 is 30.0 Å². The molecule has 11 nitrogen and oxygen atoms in total. The first kappa shape index (κ1) is 24.8. The van der Waals surface area contributed by atoms with Gasteiger partial charge >= 0.3 is 0 Å². The number of nitrogens with two attached hydrogens (primary N) is 4. The van der Waals surface area contributed by atoms with Crippen molar-refractivity contribution in [3.63, 3.8) is 0 Å². The minimum Gasteiger partial charge on any atom is -0.370 e. The molecule has 1 saturated heterocycles. The van der Waals surface area contributed by atoms with E-state index in [9.17, 15) is 14.4 Å². The second kappa shape index (κ2) is 11.8. The van der Waals surface area contributed by atoms with Crippen LogP contribution in [0.3, 0.4) is 0 Å². The Balaban J connectivity index is 2.16. The predicted molar refractivity (Wildman–Crippen MR) is 121 cm³/mol. The maximum atomic E-state index is 13.3. The molecule has 1 aromatic carbocycles. The second-order valence-corrected chi connectivity index (χ2v) is 7.77. The smallest absolute Gasteiger partial charge is 0.252 e. The van der Waals surface area contributed by atoms with Crippen molar-refractivity contribution in [3.05, 3.63) is 35.9 Å². The van der Waals surface area contributed by atoms with Gasteiger partial charge in [0.1, 0.15) is 18.4 Å². The molecule has 0 unspecified atom stereocenters. The summed E-state index contributed by atoms with van der Waals surface area (Å²) in [6.45, 7) is 0.512. The summed E-state index contributed by atoms with van der Waals surface area (Å²) in [5.41, 5.74) is 23.2. The highest BCUT2D eigenvalue weighted by atomic mass is 16.2. The molecule has 11 heteroatoms. The van der Waals surface area contributed by atoms with Gasteiger partial charge in [0.25, 0.3) is 5.91 Å². The first-order valence-electron chi connectivity index (χ1n) is 10.5. The van der Waals surface area contributed by atoms with Gasteiger partial charge in [-0.05, 0) is 31.2 Å². The Kier molecular flexibility index (Phi) is 9.14. The number of carbonyl (C=O) groups is 3. The Morgan fingerprint density at radius 1 is 1.25 bits per heavy atom. The van der Waals surface area contributed by atoms with Crippen LogP contribution in [-0.2, 0) is 20.8 Å². The SMILES string of the molecule is N=C(N)N(CCC[C@H](N)C=O)C(=O)[C@@H]1CCCN1C(=O)[C@@H](Cc1ccccc1)N=C(N)N. The first-order chi connectivity index (χ1) is 15.2. The van der Waals surface area contributed by atoms with Crippen LogP contribution in [0.1, 0.15) is 31.2 Å². The number of carbonyl (C=O) groups excluding carboxylic acids is 3. The molecular formula is C21H32N8O3. The van der Waals surface area contributed by atoms with Gasteiger partial charge in [-0.25, -0.2) is 4.99 Å². The van der Waals surface area contributed by atoms with E-state index in [0.29, 0.717) is 38.5 Å². The number of guanidine groups is 2. The standard InChI is InChI=1S/C21H32N8O3/c22-15(13-30)8-4-11-29(21(25)26)19(32)17-9-5-10-28(17)18(31)16(27-20(23)24)12-14-6-2-1-3-7-14/h1-3,6-7,13,15-17H,4-5,8-12,22H2,(H3,25,26)(H4,23,24,27)/t15-,16+,17-/m0/s1. The van der Waals surface area contributed by atoms with Gasteiger partial charge < -0.3 is 32.6 Å². The Labute approximate surface area is 187 Å². The van der Waals surface area contributed by atoms with E-state index in [1.807, 2.05) is 30.3 Å². The summed E-state index contributed by atoms with van der Waals surface area (Å²) in [7, 11) is 0. The molecule has 3 atom stereocenters. The normalized spacial score (nSPS) is 17.3. The zero-order valence-electron chi connectivity index (χ0n) is 18.0. The molecule has 0 aliphatic carbocycles. The molecule has 32 heavy (non-hydrogen) atoms.